The first-order valence-corrected chi connectivity index (χ1v) is 6.97. The molecule has 0 spiro atoms. The van der Waals surface area contributed by atoms with E-state index in [0.29, 0.717) is 0 Å². The van der Waals surface area contributed by atoms with E-state index in [1.165, 1.54) is 30.2 Å². The molecule has 18 heavy (non-hydrogen) atoms. The molecule has 0 amide bonds. The van der Waals surface area contributed by atoms with Crippen LogP contribution in [0.25, 0.3) is 10.9 Å². The molecule has 1 aromatic heterocycles. The molecule has 0 saturated carbocycles. The number of anilines is 1. The molecule has 1 heterocycles. The van der Waals surface area contributed by atoms with Crippen molar-refractivity contribution in [2.24, 2.45) is 0 Å². The van der Waals surface area contributed by atoms with E-state index < -0.39 is 0 Å². The van der Waals surface area contributed by atoms with E-state index in [9.17, 15) is 0 Å². The fourth-order valence-electron chi connectivity index (χ4n) is 2.06. The molecule has 0 aliphatic heterocycles. The van der Waals surface area contributed by atoms with Crippen molar-refractivity contribution in [2.75, 3.05) is 11.9 Å². The maximum atomic E-state index is 4.62. The topological polar surface area (TPSA) is 24.9 Å². The molecule has 1 aromatic carbocycles. The van der Waals surface area contributed by atoms with Gasteiger partial charge in [0, 0.05) is 11.9 Å². The van der Waals surface area contributed by atoms with Gasteiger partial charge in [0.1, 0.15) is 5.82 Å². The SMILES string of the molecule is CCCCc1ccc2nc(NCCC)ccc2c1. The van der Waals surface area contributed by atoms with E-state index in [0.717, 1.165) is 24.3 Å². The molecule has 0 aliphatic rings. The first-order valence-electron chi connectivity index (χ1n) is 6.97. The van der Waals surface area contributed by atoms with Gasteiger partial charge in [-0.25, -0.2) is 4.98 Å². The van der Waals surface area contributed by atoms with Crippen molar-refractivity contribution in [3.63, 3.8) is 0 Å². The zero-order valence-electron chi connectivity index (χ0n) is 11.4. The Hall–Kier alpha value is -1.57. The summed E-state index contributed by atoms with van der Waals surface area (Å²) < 4.78 is 0. The second kappa shape index (κ2) is 6.39. The Morgan fingerprint density at radius 1 is 1.06 bits per heavy atom. The van der Waals surface area contributed by atoms with Crippen LogP contribution in [0.2, 0.25) is 0 Å². The molecule has 2 rings (SSSR count). The highest BCUT2D eigenvalue weighted by Gasteiger charge is 1.99. The minimum Gasteiger partial charge on any atom is -0.370 e. The number of pyridine rings is 1. The van der Waals surface area contributed by atoms with Gasteiger partial charge in [-0.05, 0) is 49.1 Å². The molecule has 0 fully saturated rings. The molecule has 0 unspecified atom stereocenters. The normalized spacial score (nSPS) is 10.8. The van der Waals surface area contributed by atoms with Gasteiger partial charge in [-0.1, -0.05) is 26.3 Å². The molecule has 2 nitrogen and oxygen atoms in total. The fourth-order valence-corrected chi connectivity index (χ4v) is 2.06. The van der Waals surface area contributed by atoms with Crippen LogP contribution in [-0.4, -0.2) is 11.5 Å². The van der Waals surface area contributed by atoms with E-state index in [4.69, 9.17) is 0 Å². The summed E-state index contributed by atoms with van der Waals surface area (Å²) in [6.07, 6.45) is 4.79. The Labute approximate surface area is 109 Å². The summed E-state index contributed by atoms with van der Waals surface area (Å²) in [4.78, 5) is 4.62. The molecule has 2 aromatic rings. The molecule has 96 valence electrons. The number of unbranched alkanes of at least 4 members (excludes halogenated alkanes) is 1. The average molecular weight is 242 g/mol. The van der Waals surface area contributed by atoms with Gasteiger partial charge in [0.05, 0.1) is 5.52 Å². The fraction of sp³-hybridized carbons (Fsp3) is 0.438. The third-order valence-electron chi connectivity index (χ3n) is 3.13. The number of aryl methyl sites for hydroxylation is 1. The van der Waals surface area contributed by atoms with Crippen molar-refractivity contribution in [1.82, 2.24) is 4.98 Å². The zero-order valence-corrected chi connectivity index (χ0v) is 11.4. The summed E-state index contributed by atoms with van der Waals surface area (Å²) in [5, 5.41) is 4.57. The highest BCUT2D eigenvalue weighted by atomic mass is 15.0. The van der Waals surface area contributed by atoms with Crippen LogP contribution in [0.15, 0.2) is 30.3 Å². The Morgan fingerprint density at radius 3 is 2.72 bits per heavy atom. The number of nitrogens with zero attached hydrogens (tertiary/aromatic N) is 1. The predicted molar refractivity (Wildman–Crippen MR) is 79.1 cm³/mol. The lowest BCUT2D eigenvalue weighted by molar-refractivity contribution is 0.796. The van der Waals surface area contributed by atoms with Crippen LogP contribution in [0.1, 0.15) is 38.7 Å². The molecule has 0 saturated heterocycles. The van der Waals surface area contributed by atoms with Crippen molar-refractivity contribution in [3.05, 3.63) is 35.9 Å². The van der Waals surface area contributed by atoms with Crippen molar-refractivity contribution >= 4 is 16.7 Å². The lowest BCUT2D eigenvalue weighted by Gasteiger charge is -2.06. The average Bonchev–Trinajstić information content (AvgIpc) is 2.42. The summed E-state index contributed by atoms with van der Waals surface area (Å²) in [5.74, 6) is 0.977. The number of rotatable bonds is 6. The van der Waals surface area contributed by atoms with Gasteiger partial charge >= 0.3 is 0 Å². The van der Waals surface area contributed by atoms with Crippen LogP contribution >= 0.6 is 0 Å². The summed E-state index contributed by atoms with van der Waals surface area (Å²) in [5.41, 5.74) is 2.50. The monoisotopic (exact) mass is 242 g/mol. The Kier molecular flexibility index (Phi) is 4.57. The van der Waals surface area contributed by atoms with Crippen LogP contribution in [0.4, 0.5) is 5.82 Å². The second-order valence-electron chi connectivity index (χ2n) is 4.75. The van der Waals surface area contributed by atoms with Crippen LogP contribution in [0, 0.1) is 0 Å². The molecular formula is C16H22N2. The Balaban J connectivity index is 2.19. The predicted octanol–water partition coefficient (Wildman–Crippen LogP) is 4.40. The third-order valence-corrected chi connectivity index (χ3v) is 3.13. The highest BCUT2D eigenvalue weighted by Crippen LogP contribution is 2.18. The van der Waals surface area contributed by atoms with Crippen LogP contribution in [0.3, 0.4) is 0 Å². The van der Waals surface area contributed by atoms with Gasteiger partial charge in [0.2, 0.25) is 0 Å². The number of hydrogen-bond acceptors (Lipinski definition) is 2. The first-order chi connectivity index (χ1) is 8.83. The van der Waals surface area contributed by atoms with Crippen LogP contribution in [0.5, 0.6) is 0 Å². The number of benzene rings is 1. The van der Waals surface area contributed by atoms with E-state index >= 15 is 0 Å². The summed E-state index contributed by atoms with van der Waals surface area (Å²) in [6, 6.07) is 10.8. The highest BCUT2D eigenvalue weighted by molar-refractivity contribution is 5.80. The van der Waals surface area contributed by atoms with Gasteiger partial charge < -0.3 is 5.32 Å². The molecule has 1 N–H and O–H groups in total. The standard InChI is InChI=1S/C16H22N2/c1-3-5-6-13-7-9-15-14(12-13)8-10-16(18-15)17-11-4-2/h7-10,12H,3-6,11H2,1-2H3,(H,17,18). The quantitative estimate of drug-likeness (QED) is 0.812. The van der Waals surface area contributed by atoms with Crippen LogP contribution < -0.4 is 5.32 Å². The lowest BCUT2D eigenvalue weighted by atomic mass is 10.1. The van der Waals surface area contributed by atoms with Gasteiger partial charge in [0.15, 0.2) is 0 Å². The molecule has 0 atom stereocenters. The zero-order chi connectivity index (χ0) is 12.8. The van der Waals surface area contributed by atoms with Crippen molar-refractivity contribution < 1.29 is 0 Å². The Bertz CT molecular complexity index is 458. The number of hydrogen-bond donors (Lipinski definition) is 1. The molecule has 0 aliphatic carbocycles. The van der Waals surface area contributed by atoms with Gasteiger partial charge in [-0.15, -0.1) is 0 Å². The third kappa shape index (κ3) is 3.22. The minimum atomic E-state index is 0.977. The van der Waals surface area contributed by atoms with Gasteiger partial charge in [0.25, 0.3) is 0 Å². The van der Waals surface area contributed by atoms with Crippen molar-refractivity contribution in [2.45, 2.75) is 39.5 Å². The van der Waals surface area contributed by atoms with Crippen molar-refractivity contribution in [1.29, 1.82) is 0 Å². The number of fused-ring (bicyclic) bond motifs is 1. The Morgan fingerprint density at radius 2 is 1.94 bits per heavy atom. The van der Waals surface area contributed by atoms with E-state index in [1.807, 2.05) is 0 Å². The maximum absolute atomic E-state index is 4.62. The minimum absolute atomic E-state index is 0.977. The van der Waals surface area contributed by atoms with E-state index in [2.05, 4.69) is 54.5 Å². The summed E-state index contributed by atoms with van der Waals surface area (Å²) >= 11 is 0. The smallest absolute Gasteiger partial charge is 0.126 e. The lowest BCUT2D eigenvalue weighted by Crippen LogP contribution is -2.01. The second-order valence-corrected chi connectivity index (χ2v) is 4.75. The largest absolute Gasteiger partial charge is 0.370 e. The van der Waals surface area contributed by atoms with Crippen molar-refractivity contribution in [3.8, 4) is 0 Å². The summed E-state index contributed by atoms with van der Waals surface area (Å²) in [6.45, 7) is 5.37. The summed E-state index contributed by atoms with van der Waals surface area (Å²) in [7, 11) is 0. The maximum Gasteiger partial charge on any atom is 0.126 e. The first kappa shape index (κ1) is 12.9. The van der Waals surface area contributed by atoms with E-state index in [1.54, 1.807) is 0 Å². The van der Waals surface area contributed by atoms with E-state index in [-0.39, 0.29) is 0 Å². The molecule has 0 radical (unpaired) electrons. The molecule has 0 bridgehead atoms. The van der Waals surface area contributed by atoms with Gasteiger partial charge in [-0.2, -0.15) is 0 Å². The molecule has 2 heteroatoms. The van der Waals surface area contributed by atoms with Gasteiger partial charge in [-0.3, -0.25) is 0 Å². The molecular weight excluding hydrogens is 220 g/mol. The number of nitrogens with one attached hydrogen (secondary N) is 1. The number of aromatic nitrogens is 1. The van der Waals surface area contributed by atoms with Crippen LogP contribution in [-0.2, 0) is 6.42 Å².